The Morgan fingerprint density at radius 1 is 0.846 bits per heavy atom. The fourth-order valence-corrected chi connectivity index (χ4v) is 3.18. The second-order valence-electron chi connectivity index (χ2n) is 6.46. The minimum Gasteiger partial charge on any atom is -0.265 e. The maximum Gasteiger partial charge on any atom is 0.175 e. The molecule has 0 amide bonds. The van der Waals surface area contributed by atoms with Crippen molar-refractivity contribution >= 4 is 16.7 Å². The van der Waals surface area contributed by atoms with Crippen molar-refractivity contribution in [3.05, 3.63) is 72.2 Å². The van der Waals surface area contributed by atoms with Crippen LogP contribution in [0.25, 0.3) is 33.8 Å². The predicted molar refractivity (Wildman–Crippen MR) is 100 cm³/mol. The molecule has 0 aliphatic heterocycles. The highest BCUT2D eigenvalue weighted by molar-refractivity contribution is 5.90. The molecule has 0 unspecified atom stereocenters. The van der Waals surface area contributed by atoms with Crippen molar-refractivity contribution < 1.29 is 0 Å². The summed E-state index contributed by atoms with van der Waals surface area (Å²) in [4.78, 5) is 4.63. The van der Waals surface area contributed by atoms with Crippen LogP contribution in [0, 0.1) is 13.8 Å². The molecule has 0 atom stereocenters. The third kappa shape index (κ3) is 2.19. The van der Waals surface area contributed by atoms with Crippen LogP contribution in [0.4, 0.5) is 0 Å². The topological polar surface area (TPSA) is 60.9 Å². The van der Waals surface area contributed by atoms with Crippen LogP contribution in [0.5, 0.6) is 0 Å². The van der Waals surface area contributed by atoms with E-state index in [4.69, 9.17) is 0 Å². The van der Waals surface area contributed by atoms with Crippen molar-refractivity contribution in [3.63, 3.8) is 0 Å². The Labute approximate surface area is 149 Å². The van der Waals surface area contributed by atoms with Gasteiger partial charge in [-0.1, -0.05) is 41.5 Å². The fraction of sp³-hybridized carbons (Fsp3) is 0.100. The SMILES string of the molecule is Cc1ccc(-n2ncc3c2ncn2c(-c4cccc(C)c4)nnc32)cc1. The van der Waals surface area contributed by atoms with Gasteiger partial charge in [-0.2, -0.15) is 5.10 Å². The predicted octanol–water partition coefficient (Wildman–Crippen LogP) is 3.75. The molecule has 0 saturated heterocycles. The van der Waals surface area contributed by atoms with Crippen LogP contribution in [0.2, 0.25) is 0 Å². The average molecular weight is 340 g/mol. The van der Waals surface area contributed by atoms with E-state index in [-0.39, 0.29) is 0 Å². The second-order valence-corrected chi connectivity index (χ2v) is 6.46. The molecule has 2 aromatic carbocycles. The van der Waals surface area contributed by atoms with Gasteiger partial charge in [0.05, 0.1) is 17.3 Å². The van der Waals surface area contributed by atoms with Gasteiger partial charge < -0.3 is 0 Å². The zero-order valence-electron chi connectivity index (χ0n) is 14.5. The van der Waals surface area contributed by atoms with Crippen molar-refractivity contribution in [2.75, 3.05) is 0 Å². The number of hydrogen-bond acceptors (Lipinski definition) is 4. The normalized spacial score (nSPS) is 11.5. The number of hydrogen-bond donors (Lipinski definition) is 0. The molecule has 0 bridgehead atoms. The lowest BCUT2D eigenvalue weighted by molar-refractivity contribution is 0.893. The summed E-state index contributed by atoms with van der Waals surface area (Å²) in [5, 5.41) is 14.2. The van der Waals surface area contributed by atoms with E-state index in [9.17, 15) is 0 Å². The molecule has 6 nitrogen and oxygen atoms in total. The monoisotopic (exact) mass is 340 g/mol. The third-order valence-corrected chi connectivity index (χ3v) is 4.53. The van der Waals surface area contributed by atoms with E-state index in [2.05, 4.69) is 58.4 Å². The Bertz CT molecular complexity index is 1250. The molecular weight excluding hydrogens is 324 g/mol. The highest BCUT2D eigenvalue weighted by atomic mass is 15.3. The van der Waals surface area contributed by atoms with Crippen LogP contribution >= 0.6 is 0 Å². The zero-order valence-corrected chi connectivity index (χ0v) is 14.5. The molecule has 0 N–H and O–H groups in total. The molecule has 5 aromatic rings. The first kappa shape index (κ1) is 14.8. The summed E-state index contributed by atoms with van der Waals surface area (Å²) in [5.74, 6) is 0.779. The van der Waals surface area contributed by atoms with Gasteiger partial charge in [0, 0.05) is 5.56 Å². The van der Waals surface area contributed by atoms with Gasteiger partial charge >= 0.3 is 0 Å². The van der Waals surface area contributed by atoms with Gasteiger partial charge in [-0.05, 0) is 32.0 Å². The van der Waals surface area contributed by atoms with Crippen LogP contribution in [0.1, 0.15) is 11.1 Å². The molecule has 0 aliphatic rings. The first-order valence-corrected chi connectivity index (χ1v) is 8.42. The summed E-state index contributed by atoms with van der Waals surface area (Å²) in [7, 11) is 0. The summed E-state index contributed by atoms with van der Waals surface area (Å²) in [6.07, 6.45) is 3.56. The number of rotatable bonds is 2. The van der Waals surface area contributed by atoms with Crippen LogP contribution in [0.15, 0.2) is 61.1 Å². The summed E-state index contributed by atoms with van der Waals surface area (Å²) in [6.45, 7) is 4.13. The van der Waals surface area contributed by atoms with E-state index in [1.54, 1.807) is 12.5 Å². The number of benzene rings is 2. The molecule has 26 heavy (non-hydrogen) atoms. The quantitative estimate of drug-likeness (QED) is 0.491. The van der Waals surface area contributed by atoms with Gasteiger partial charge in [0.25, 0.3) is 0 Å². The van der Waals surface area contributed by atoms with Gasteiger partial charge in [-0.15, -0.1) is 10.2 Å². The lowest BCUT2D eigenvalue weighted by Gasteiger charge is -2.04. The summed E-state index contributed by atoms with van der Waals surface area (Å²) in [5.41, 5.74) is 5.90. The molecule has 0 radical (unpaired) electrons. The summed E-state index contributed by atoms with van der Waals surface area (Å²) < 4.78 is 3.74. The second kappa shape index (κ2) is 5.49. The molecule has 3 aromatic heterocycles. The van der Waals surface area contributed by atoms with Crippen LogP contribution in [-0.2, 0) is 0 Å². The van der Waals surface area contributed by atoms with Crippen molar-refractivity contribution in [1.29, 1.82) is 0 Å². The van der Waals surface area contributed by atoms with Crippen molar-refractivity contribution in [1.82, 2.24) is 29.4 Å². The molecule has 0 saturated carbocycles. The van der Waals surface area contributed by atoms with E-state index in [1.807, 2.05) is 33.3 Å². The first-order chi connectivity index (χ1) is 12.7. The Morgan fingerprint density at radius 3 is 2.50 bits per heavy atom. The number of aromatic nitrogens is 6. The largest absolute Gasteiger partial charge is 0.265 e. The smallest absolute Gasteiger partial charge is 0.175 e. The highest BCUT2D eigenvalue weighted by Crippen LogP contribution is 2.24. The van der Waals surface area contributed by atoms with Crippen LogP contribution in [-0.4, -0.2) is 29.4 Å². The van der Waals surface area contributed by atoms with E-state index < -0.39 is 0 Å². The van der Waals surface area contributed by atoms with Crippen molar-refractivity contribution in [2.24, 2.45) is 0 Å². The van der Waals surface area contributed by atoms with E-state index in [0.29, 0.717) is 0 Å². The maximum absolute atomic E-state index is 4.63. The standard InChI is InChI=1S/C20H16N6/c1-13-6-8-16(9-7-13)26-19-17(11-22-26)20-24-23-18(25(20)12-21-19)15-5-3-4-14(2)10-15/h3-12H,1-2H3. The Kier molecular flexibility index (Phi) is 3.12. The summed E-state index contributed by atoms with van der Waals surface area (Å²) >= 11 is 0. The van der Waals surface area contributed by atoms with E-state index in [0.717, 1.165) is 33.8 Å². The lowest BCUT2D eigenvalue weighted by atomic mass is 10.1. The summed E-state index contributed by atoms with van der Waals surface area (Å²) in [6, 6.07) is 16.4. The molecule has 3 heterocycles. The lowest BCUT2D eigenvalue weighted by Crippen LogP contribution is -1.99. The Morgan fingerprint density at radius 2 is 1.69 bits per heavy atom. The maximum atomic E-state index is 4.63. The molecule has 0 spiro atoms. The Hall–Kier alpha value is -3.54. The fourth-order valence-electron chi connectivity index (χ4n) is 3.18. The highest BCUT2D eigenvalue weighted by Gasteiger charge is 2.15. The third-order valence-electron chi connectivity index (χ3n) is 4.53. The minimum absolute atomic E-state index is 0.755. The van der Waals surface area contributed by atoms with Gasteiger partial charge in [-0.25, -0.2) is 9.67 Å². The van der Waals surface area contributed by atoms with E-state index >= 15 is 0 Å². The van der Waals surface area contributed by atoms with Gasteiger partial charge in [0.1, 0.15) is 6.33 Å². The van der Waals surface area contributed by atoms with Gasteiger partial charge in [0.2, 0.25) is 0 Å². The number of fused-ring (bicyclic) bond motifs is 3. The zero-order chi connectivity index (χ0) is 17.7. The minimum atomic E-state index is 0.755. The Balaban J connectivity index is 1.71. The number of aryl methyl sites for hydroxylation is 2. The first-order valence-electron chi connectivity index (χ1n) is 8.42. The molecule has 6 heteroatoms. The molecule has 126 valence electrons. The molecule has 0 aliphatic carbocycles. The van der Waals surface area contributed by atoms with Crippen molar-refractivity contribution in [2.45, 2.75) is 13.8 Å². The molecular formula is C20H16N6. The average Bonchev–Trinajstić information content (AvgIpc) is 3.26. The van der Waals surface area contributed by atoms with Crippen LogP contribution in [0.3, 0.4) is 0 Å². The van der Waals surface area contributed by atoms with Gasteiger partial charge in [0.15, 0.2) is 17.1 Å². The molecule has 0 fully saturated rings. The van der Waals surface area contributed by atoms with Gasteiger partial charge in [-0.3, -0.25) is 4.40 Å². The number of nitrogens with zero attached hydrogens (tertiary/aromatic N) is 6. The van der Waals surface area contributed by atoms with Crippen LogP contribution < -0.4 is 0 Å². The van der Waals surface area contributed by atoms with E-state index in [1.165, 1.54) is 11.1 Å². The van der Waals surface area contributed by atoms with Crippen molar-refractivity contribution in [3.8, 4) is 17.1 Å². The molecule has 5 rings (SSSR count).